The van der Waals surface area contributed by atoms with Gasteiger partial charge in [0.25, 0.3) is 0 Å². The number of likely N-dealkylation sites (tertiary alicyclic amines) is 1. The number of nitrogens with zero attached hydrogens (tertiary/aromatic N) is 3. The fourth-order valence-corrected chi connectivity index (χ4v) is 4.42. The first-order valence-corrected chi connectivity index (χ1v) is 11.4. The lowest BCUT2D eigenvalue weighted by Crippen LogP contribution is -2.48. The monoisotopic (exact) mass is 413 g/mol. The lowest BCUT2D eigenvalue weighted by molar-refractivity contribution is -0.134. The summed E-state index contributed by atoms with van der Waals surface area (Å²) in [4.78, 5) is 43.4. The van der Waals surface area contributed by atoms with Gasteiger partial charge in [-0.25, -0.2) is 0 Å². The van der Waals surface area contributed by atoms with Crippen molar-refractivity contribution in [3.05, 3.63) is 35.9 Å². The first-order chi connectivity index (χ1) is 14.6. The van der Waals surface area contributed by atoms with Crippen LogP contribution in [0.2, 0.25) is 0 Å². The SMILES string of the molecule is CCN1CCN(C(=O)CCC2CCN(C(=O)CCC(=O)c3ccccc3)CC2)CC1. The van der Waals surface area contributed by atoms with Crippen LogP contribution in [0, 0.1) is 5.92 Å². The number of ketones is 1. The number of hydrogen-bond donors (Lipinski definition) is 0. The number of piperidine rings is 1. The zero-order valence-electron chi connectivity index (χ0n) is 18.2. The van der Waals surface area contributed by atoms with Gasteiger partial charge in [0.05, 0.1) is 0 Å². The Morgan fingerprint density at radius 1 is 0.800 bits per heavy atom. The molecule has 0 unspecified atom stereocenters. The van der Waals surface area contributed by atoms with Gasteiger partial charge >= 0.3 is 0 Å². The Balaban J connectivity index is 1.32. The molecule has 0 spiro atoms. The van der Waals surface area contributed by atoms with E-state index in [2.05, 4.69) is 11.8 Å². The maximum atomic E-state index is 12.5. The molecule has 3 rings (SSSR count). The number of carbonyl (C=O) groups is 3. The Labute approximate surface area is 180 Å². The summed E-state index contributed by atoms with van der Waals surface area (Å²) in [5, 5.41) is 0. The molecule has 0 atom stereocenters. The summed E-state index contributed by atoms with van der Waals surface area (Å²) in [6.45, 7) is 8.36. The summed E-state index contributed by atoms with van der Waals surface area (Å²) in [6, 6.07) is 9.16. The van der Waals surface area contributed by atoms with Crippen LogP contribution in [0.1, 0.15) is 55.8 Å². The van der Waals surface area contributed by atoms with Crippen LogP contribution in [0.5, 0.6) is 0 Å². The summed E-state index contributed by atoms with van der Waals surface area (Å²) < 4.78 is 0. The zero-order valence-corrected chi connectivity index (χ0v) is 18.2. The van der Waals surface area contributed by atoms with Crippen molar-refractivity contribution in [1.29, 1.82) is 0 Å². The highest BCUT2D eigenvalue weighted by Crippen LogP contribution is 2.23. The number of hydrogen-bond acceptors (Lipinski definition) is 4. The highest BCUT2D eigenvalue weighted by atomic mass is 16.2. The van der Waals surface area contributed by atoms with E-state index in [-0.39, 0.29) is 30.4 Å². The molecule has 0 saturated carbocycles. The van der Waals surface area contributed by atoms with Crippen molar-refractivity contribution in [2.75, 3.05) is 45.8 Å². The summed E-state index contributed by atoms with van der Waals surface area (Å²) in [5.74, 6) is 0.893. The van der Waals surface area contributed by atoms with Gasteiger partial charge in [0.2, 0.25) is 11.8 Å². The van der Waals surface area contributed by atoms with E-state index in [1.807, 2.05) is 28.0 Å². The van der Waals surface area contributed by atoms with Crippen LogP contribution < -0.4 is 0 Å². The van der Waals surface area contributed by atoms with Crippen LogP contribution >= 0.6 is 0 Å². The largest absolute Gasteiger partial charge is 0.343 e. The minimum absolute atomic E-state index is 0.0251. The van der Waals surface area contributed by atoms with Crippen molar-refractivity contribution in [2.24, 2.45) is 5.92 Å². The third kappa shape index (κ3) is 6.39. The Kier molecular flexibility index (Phi) is 8.43. The molecule has 2 aliphatic rings. The van der Waals surface area contributed by atoms with E-state index >= 15 is 0 Å². The maximum absolute atomic E-state index is 12.5. The minimum atomic E-state index is 0.0251. The van der Waals surface area contributed by atoms with Crippen LogP contribution in [0.15, 0.2) is 30.3 Å². The van der Waals surface area contributed by atoms with Crippen LogP contribution in [0.3, 0.4) is 0 Å². The van der Waals surface area contributed by atoms with Gasteiger partial charge in [-0.15, -0.1) is 0 Å². The molecule has 6 nitrogen and oxygen atoms in total. The second kappa shape index (κ2) is 11.3. The molecule has 2 fully saturated rings. The number of piperazine rings is 1. The van der Waals surface area contributed by atoms with Crippen molar-refractivity contribution < 1.29 is 14.4 Å². The molecule has 2 saturated heterocycles. The number of likely N-dealkylation sites (N-methyl/N-ethyl adjacent to an activating group) is 1. The topological polar surface area (TPSA) is 60.9 Å². The summed E-state index contributed by atoms with van der Waals surface area (Å²) >= 11 is 0. The zero-order chi connectivity index (χ0) is 21.3. The molecule has 2 heterocycles. The standard InChI is InChI=1S/C24H35N3O3/c1-2-25-16-18-27(19-17-25)23(29)10-8-20-12-14-26(15-13-20)24(30)11-9-22(28)21-6-4-3-5-7-21/h3-7,20H,2,8-19H2,1H3. The predicted octanol–water partition coefficient (Wildman–Crippen LogP) is 2.83. The van der Waals surface area contributed by atoms with Crippen molar-refractivity contribution in [1.82, 2.24) is 14.7 Å². The third-order valence-electron chi connectivity index (χ3n) is 6.57. The molecule has 1 aromatic carbocycles. The Morgan fingerprint density at radius 2 is 1.40 bits per heavy atom. The van der Waals surface area contributed by atoms with Gasteiger partial charge in [0.1, 0.15) is 0 Å². The van der Waals surface area contributed by atoms with Gasteiger partial charge in [0.15, 0.2) is 5.78 Å². The van der Waals surface area contributed by atoms with E-state index in [1.54, 1.807) is 12.1 Å². The molecule has 0 bridgehead atoms. The molecular formula is C24H35N3O3. The maximum Gasteiger partial charge on any atom is 0.223 e. The number of carbonyl (C=O) groups excluding carboxylic acids is 3. The van der Waals surface area contributed by atoms with Crippen molar-refractivity contribution >= 4 is 17.6 Å². The van der Waals surface area contributed by atoms with E-state index < -0.39 is 0 Å². The number of rotatable bonds is 8. The molecule has 0 N–H and O–H groups in total. The average molecular weight is 414 g/mol. The molecule has 2 amide bonds. The van der Waals surface area contributed by atoms with Crippen LogP contribution in [-0.4, -0.2) is 78.1 Å². The van der Waals surface area contributed by atoms with E-state index in [0.29, 0.717) is 17.9 Å². The van der Waals surface area contributed by atoms with E-state index in [4.69, 9.17) is 0 Å². The van der Waals surface area contributed by atoms with Crippen molar-refractivity contribution in [2.45, 2.75) is 45.4 Å². The normalized spacial score (nSPS) is 18.4. The molecule has 6 heteroatoms. The fourth-order valence-electron chi connectivity index (χ4n) is 4.42. The summed E-state index contributed by atoms with van der Waals surface area (Å²) in [5.41, 5.74) is 0.671. The molecule has 0 aliphatic carbocycles. The number of benzene rings is 1. The summed E-state index contributed by atoms with van der Waals surface area (Å²) in [6.07, 6.45) is 3.99. The highest BCUT2D eigenvalue weighted by Gasteiger charge is 2.25. The van der Waals surface area contributed by atoms with Gasteiger partial charge in [-0.05, 0) is 31.7 Å². The number of amides is 2. The quantitative estimate of drug-likeness (QED) is 0.615. The Bertz CT molecular complexity index is 706. The average Bonchev–Trinajstić information content (AvgIpc) is 2.81. The van der Waals surface area contributed by atoms with E-state index in [9.17, 15) is 14.4 Å². The second-order valence-corrected chi connectivity index (χ2v) is 8.47. The van der Waals surface area contributed by atoms with Crippen LogP contribution in [0.4, 0.5) is 0 Å². The molecule has 164 valence electrons. The summed E-state index contributed by atoms with van der Waals surface area (Å²) in [7, 11) is 0. The van der Waals surface area contributed by atoms with E-state index in [1.165, 1.54) is 0 Å². The molecule has 0 aromatic heterocycles. The second-order valence-electron chi connectivity index (χ2n) is 8.47. The molecular weight excluding hydrogens is 378 g/mol. The van der Waals surface area contributed by atoms with Gasteiger partial charge in [-0.1, -0.05) is 37.3 Å². The van der Waals surface area contributed by atoms with Crippen LogP contribution in [0.25, 0.3) is 0 Å². The van der Waals surface area contributed by atoms with Crippen molar-refractivity contribution in [3.8, 4) is 0 Å². The molecule has 0 radical (unpaired) electrons. The fraction of sp³-hybridized carbons (Fsp3) is 0.625. The minimum Gasteiger partial charge on any atom is -0.343 e. The van der Waals surface area contributed by atoms with Crippen LogP contribution in [-0.2, 0) is 9.59 Å². The molecule has 30 heavy (non-hydrogen) atoms. The third-order valence-corrected chi connectivity index (χ3v) is 6.57. The smallest absolute Gasteiger partial charge is 0.223 e. The van der Waals surface area contributed by atoms with Gasteiger partial charge in [0, 0.05) is 64.1 Å². The van der Waals surface area contributed by atoms with Gasteiger partial charge in [-0.2, -0.15) is 0 Å². The first kappa shape index (κ1) is 22.5. The predicted molar refractivity (Wildman–Crippen MR) is 117 cm³/mol. The van der Waals surface area contributed by atoms with E-state index in [0.717, 1.165) is 65.1 Å². The Morgan fingerprint density at radius 3 is 2.03 bits per heavy atom. The lowest BCUT2D eigenvalue weighted by Gasteiger charge is -2.35. The van der Waals surface area contributed by atoms with Gasteiger partial charge < -0.3 is 14.7 Å². The number of Topliss-reactive ketones (excluding diaryl/α,β-unsaturated/α-hetero) is 1. The molecule has 1 aromatic rings. The lowest BCUT2D eigenvalue weighted by atomic mass is 9.91. The first-order valence-electron chi connectivity index (χ1n) is 11.4. The Hall–Kier alpha value is -2.21. The van der Waals surface area contributed by atoms with Crippen molar-refractivity contribution in [3.63, 3.8) is 0 Å². The van der Waals surface area contributed by atoms with Gasteiger partial charge in [-0.3, -0.25) is 14.4 Å². The highest BCUT2D eigenvalue weighted by molar-refractivity contribution is 5.97. The molecule has 2 aliphatic heterocycles.